The molecule has 0 spiro atoms. The molecule has 0 bridgehead atoms. The molecule has 0 aromatic heterocycles. The SMILES string of the molecule is Cc1cc(OCC(=O)NCC(F)(F)F)c(F)cc1N. The predicted molar refractivity (Wildman–Crippen MR) is 60.1 cm³/mol. The third-order valence-corrected chi connectivity index (χ3v) is 2.17. The second-order valence-corrected chi connectivity index (χ2v) is 3.82. The van der Waals surface area contributed by atoms with Crippen molar-refractivity contribution in [2.24, 2.45) is 0 Å². The maximum atomic E-state index is 13.3. The normalized spacial score (nSPS) is 11.2. The third kappa shape index (κ3) is 5.02. The highest BCUT2D eigenvalue weighted by atomic mass is 19.4. The molecule has 19 heavy (non-hydrogen) atoms. The van der Waals surface area contributed by atoms with E-state index in [0.29, 0.717) is 5.56 Å². The van der Waals surface area contributed by atoms with Gasteiger partial charge in [0.1, 0.15) is 6.54 Å². The number of nitrogens with two attached hydrogens (primary N) is 1. The molecule has 0 aliphatic carbocycles. The summed E-state index contributed by atoms with van der Waals surface area (Å²) in [6, 6.07) is 2.28. The first-order valence-corrected chi connectivity index (χ1v) is 5.21. The van der Waals surface area contributed by atoms with E-state index in [-0.39, 0.29) is 11.4 Å². The number of carbonyl (C=O) groups excluding carboxylic acids is 1. The average molecular weight is 280 g/mol. The molecule has 0 saturated carbocycles. The highest BCUT2D eigenvalue weighted by Crippen LogP contribution is 2.23. The van der Waals surface area contributed by atoms with Gasteiger partial charge in [-0.3, -0.25) is 4.79 Å². The van der Waals surface area contributed by atoms with Gasteiger partial charge in [0.2, 0.25) is 0 Å². The zero-order chi connectivity index (χ0) is 14.6. The number of aryl methyl sites for hydroxylation is 1. The molecule has 0 radical (unpaired) electrons. The van der Waals surface area contributed by atoms with Gasteiger partial charge in [-0.2, -0.15) is 13.2 Å². The molecule has 1 aromatic rings. The van der Waals surface area contributed by atoms with Crippen molar-refractivity contribution in [2.45, 2.75) is 13.1 Å². The van der Waals surface area contributed by atoms with Gasteiger partial charge in [-0.1, -0.05) is 0 Å². The van der Waals surface area contributed by atoms with Crippen LogP contribution in [0.25, 0.3) is 0 Å². The number of ether oxygens (including phenoxy) is 1. The average Bonchev–Trinajstić information content (AvgIpc) is 2.28. The number of rotatable bonds is 4. The van der Waals surface area contributed by atoms with Crippen LogP contribution in [0.15, 0.2) is 12.1 Å². The van der Waals surface area contributed by atoms with Gasteiger partial charge in [-0.05, 0) is 18.6 Å². The van der Waals surface area contributed by atoms with Crippen LogP contribution in [-0.2, 0) is 4.79 Å². The Morgan fingerprint density at radius 2 is 2.05 bits per heavy atom. The lowest BCUT2D eigenvalue weighted by Crippen LogP contribution is -2.36. The van der Waals surface area contributed by atoms with Crippen molar-refractivity contribution in [1.29, 1.82) is 0 Å². The Morgan fingerprint density at radius 1 is 1.42 bits per heavy atom. The Kier molecular flexibility index (Phi) is 4.57. The van der Waals surface area contributed by atoms with E-state index in [1.54, 1.807) is 12.2 Å². The van der Waals surface area contributed by atoms with Crippen LogP contribution in [-0.4, -0.2) is 25.2 Å². The lowest BCUT2D eigenvalue weighted by Gasteiger charge is -2.11. The Hall–Kier alpha value is -1.99. The fourth-order valence-corrected chi connectivity index (χ4v) is 1.17. The first-order chi connectivity index (χ1) is 8.69. The number of anilines is 1. The van der Waals surface area contributed by atoms with Gasteiger partial charge in [0.25, 0.3) is 5.91 Å². The van der Waals surface area contributed by atoms with Crippen molar-refractivity contribution >= 4 is 11.6 Å². The first kappa shape index (κ1) is 15.1. The topological polar surface area (TPSA) is 64.3 Å². The lowest BCUT2D eigenvalue weighted by molar-refractivity contribution is -0.139. The maximum Gasteiger partial charge on any atom is 0.405 e. The molecule has 0 unspecified atom stereocenters. The Labute approximate surface area is 106 Å². The summed E-state index contributed by atoms with van der Waals surface area (Å²) >= 11 is 0. The highest BCUT2D eigenvalue weighted by Gasteiger charge is 2.27. The molecular weight excluding hydrogens is 268 g/mol. The van der Waals surface area contributed by atoms with Crippen LogP contribution in [0, 0.1) is 12.7 Å². The summed E-state index contributed by atoms with van der Waals surface area (Å²) in [6.45, 7) is -0.569. The summed E-state index contributed by atoms with van der Waals surface area (Å²) in [5, 5.41) is 1.60. The number of hydrogen-bond donors (Lipinski definition) is 2. The predicted octanol–water partition coefficient (Wildman–Crippen LogP) is 1.77. The number of benzene rings is 1. The lowest BCUT2D eigenvalue weighted by atomic mass is 10.2. The molecule has 0 fully saturated rings. The minimum Gasteiger partial charge on any atom is -0.481 e. The van der Waals surface area contributed by atoms with E-state index in [1.165, 1.54) is 6.07 Å². The Balaban J connectivity index is 2.53. The molecular formula is C11H12F4N2O2. The molecule has 0 aliphatic rings. The molecule has 8 heteroatoms. The third-order valence-electron chi connectivity index (χ3n) is 2.17. The van der Waals surface area contributed by atoms with Crippen molar-refractivity contribution < 1.29 is 27.1 Å². The molecule has 1 amide bonds. The molecule has 4 nitrogen and oxygen atoms in total. The van der Waals surface area contributed by atoms with E-state index < -0.39 is 31.1 Å². The van der Waals surface area contributed by atoms with Crippen LogP contribution in [0.5, 0.6) is 5.75 Å². The van der Waals surface area contributed by atoms with Crippen molar-refractivity contribution in [1.82, 2.24) is 5.32 Å². The Morgan fingerprint density at radius 3 is 2.63 bits per heavy atom. The number of amides is 1. The van der Waals surface area contributed by atoms with Crippen molar-refractivity contribution in [3.63, 3.8) is 0 Å². The van der Waals surface area contributed by atoms with Crippen LogP contribution in [0.4, 0.5) is 23.2 Å². The van der Waals surface area contributed by atoms with E-state index in [0.717, 1.165) is 6.07 Å². The van der Waals surface area contributed by atoms with Gasteiger partial charge in [0, 0.05) is 11.8 Å². The summed E-state index contributed by atoms with van der Waals surface area (Å²) < 4.78 is 53.6. The molecule has 0 atom stereocenters. The van der Waals surface area contributed by atoms with Gasteiger partial charge < -0.3 is 15.8 Å². The first-order valence-electron chi connectivity index (χ1n) is 5.21. The van der Waals surface area contributed by atoms with E-state index in [2.05, 4.69) is 0 Å². The van der Waals surface area contributed by atoms with Gasteiger partial charge in [0.05, 0.1) is 0 Å². The van der Waals surface area contributed by atoms with Crippen LogP contribution < -0.4 is 15.8 Å². The highest BCUT2D eigenvalue weighted by molar-refractivity contribution is 5.77. The molecule has 106 valence electrons. The van der Waals surface area contributed by atoms with Gasteiger partial charge in [0.15, 0.2) is 18.2 Å². The van der Waals surface area contributed by atoms with Crippen LogP contribution in [0.1, 0.15) is 5.56 Å². The summed E-state index contributed by atoms with van der Waals surface area (Å²) in [5.41, 5.74) is 6.19. The monoisotopic (exact) mass is 280 g/mol. The fourth-order valence-electron chi connectivity index (χ4n) is 1.17. The summed E-state index contributed by atoms with van der Waals surface area (Å²) in [5.74, 6) is -2.02. The van der Waals surface area contributed by atoms with Crippen molar-refractivity contribution in [3.05, 3.63) is 23.5 Å². The quantitative estimate of drug-likeness (QED) is 0.652. The molecule has 0 saturated heterocycles. The van der Waals surface area contributed by atoms with Crippen LogP contribution in [0.3, 0.4) is 0 Å². The number of nitrogen functional groups attached to an aromatic ring is 1. The zero-order valence-corrected chi connectivity index (χ0v) is 9.97. The molecule has 0 heterocycles. The maximum absolute atomic E-state index is 13.3. The molecule has 0 aliphatic heterocycles. The minimum atomic E-state index is -4.50. The number of nitrogens with one attached hydrogen (secondary N) is 1. The van der Waals surface area contributed by atoms with Crippen molar-refractivity contribution in [2.75, 3.05) is 18.9 Å². The second-order valence-electron chi connectivity index (χ2n) is 3.82. The second kappa shape index (κ2) is 5.77. The van der Waals surface area contributed by atoms with Gasteiger partial charge in [-0.25, -0.2) is 4.39 Å². The molecule has 1 aromatic carbocycles. The van der Waals surface area contributed by atoms with Gasteiger partial charge in [-0.15, -0.1) is 0 Å². The van der Waals surface area contributed by atoms with E-state index in [1.807, 2.05) is 0 Å². The fraction of sp³-hybridized carbons (Fsp3) is 0.364. The number of alkyl halides is 3. The Bertz CT molecular complexity index is 474. The van der Waals surface area contributed by atoms with Crippen LogP contribution >= 0.6 is 0 Å². The summed E-state index contributed by atoms with van der Waals surface area (Å²) in [7, 11) is 0. The van der Waals surface area contributed by atoms with Crippen molar-refractivity contribution in [3.8, 4) is 5.75 Å². The van der Waals surface area contributed by atoms with E-state index in [9.17, 15) is 22.4 Å². The number of hydrogen-bond acceptors (Lipinski definition) is 3. The summed E-state index contributed by atoms with van der Waals surface area (Å²) in [6.07, 6.45) is -4.50. The molecule has 1 rings (SSSR count). The zero-order valence-electron chi connectivity index (χ0n) is 9.97. The smallest absolute Gasteiger partial charge is 0.405 e. The van der Waals surface area contributed by atoms with Crippen LogP contribution in [0.2, 0.25) is 0 Å². The minimum absolute atomic E-state index is 0.214. The molecule has 3 N–H and O–H groups in total. The largest absolute Gasteiger partial charge is 0.481 e. The van der Waals surface area contributed by atoms with E-state index in [4.69, 9.17) is 10.5 Å². The standard InChI is InChI=1S/C11H12F4N2O2/c1-6-2-9(7(12)3-8(6)16)19-4-10(18)17-5-11(13,14)15/h2-3H,4-5,16H2,1H3,(H,17,18). The van der Waals surface area contributed by atoms with Gasteiger partial charge >= 0.3 is 6.18 Å². The van der Waals surface area contributed by atoms with E-state index >= 15 is 0 Å². The number of halogens is 4. The number of carbonyl (C=O) groups is 1. The summed E-state index contributed by atoms with van der Waals surface area (Å²) in [4.78, 5) is 11.0.